The predicted octanol–water partition coefficient (Wildman–Crippen LogP) is 4.26. The Morgan fingerprint density at radius 3 is 2.06 bits per heavy atom. The minimum absolute atomic E-state index is 0.243. The molecule has 2 N–H and O–H groups in total. The maximum absolute atomic E-state index is 10.9. The second-order valence-electron chi connectivity index (χ2n) is 9.22. The van der Waals surface area contributed by atoms with Crippen LogP contribution in [0.4, 0.5) is 5.82 Å². The third-order valence-corrected chi connectivity index (χ3v) is 7.56. The Hall–Kier alpha value is -2.25. The van der Waals surface area contributed by atoms with Gasteiger partial charge in [0.2, 0.25) is 0 Å². The fraction of sp³-hybridized carbons (Fsp3) is 0.583. The first-order chi connectivity index (χ1) is 15.6. The predicted molar refractivity (Wildman–Crippen MR) is 126 cm³/mol. The number of aromatic hydroxyl groups is 2. The summed E-state index contributed by atoms with van der Waals surface area (Å²) in [6, 6.07) is 0. The molecule has 32 heavy (non-hydrogen) atoms. The molecule has 0 amide bonds. The van der Waals surface area contributed by atoms with Gasteiger partial charge in [0.05, 0.1) is 0 Å². The van der Waals surface area contributed by atoms with E-state index >= 15 is 0 Å². The lowest BCUT2D eigenvalue weighted by molar-refractivity contribution is 0.249. The van der Waals surface area contributed by atoms with Crippen LogP contribution in [0, 0.1) is 0 Å². The van der Waals surface area contributed by atoms with Crippen molar-refractivity contribution in [1.29, 1.82) is 0 Å². The molecule has 8 heteroatoms. The van der Waals surface area contributed by atoms with E-state index in [9.17, 15) is 10.2 Å². The van der Waals surface area contributed by atoms with Crippen molar-refractivity contribution in [1.82, 2.24) is 19.4 Å². The summed E-state index contributed by atoms with van der Waals surface area (Å²) in [5.41, 5.74) is 1.96. The van der Waals surface area contributed by atoms with Crippen molar-refractivity contribution in [2.75, 3.05) is 37.6 Å². The second-order valence-corrected chi connectivity index (χ2v) is 9.57. The lowest BCUT2D eigenvalue weighted by Crippen LogP contribution is -2.47. The van der Waals surface area contributed by atoms with Crippen molar-refractivity contribution >= 4 is 17.4 Å². The van der Waals surface area contributed by atoms with E-state index in [0.717, 1.165) is 75.4 Å². The number of hydrogen-bond acceptors (Lipinski definition) is 6. The van der Waals surface area contributed by atoms with Crippen LogP contribution < -0.4 is 4.90 Å². The average Bonchev–Trinajstić information content (AvgIpc) is 3.03. The Kier molecular flexibility index (Phi) is 6.28. The summed E-state index contributed by atoms with van der Waals surface area (Å²) < 4.78 is 1.75. The molecule has 2 unspecified atom stereocenters. The molecular formula is C24H32ClN5O2. The number of piperazine rings is 1. The van der Waals surface area contributed by atoms with E-state index < -0.39 is 0 Å². The van der Waals surface area contributed by atoms with Crippen molar-refractivity contribution < 1.29 is 10.2 Å². The zero-order valence-corrected chi connectivity index (χ0v) is 19.2. The zero-order chi connectivity index (χ0) is 22.1. The van der Waals surface area contributed by atoms with Crippen LogP contribution in [0.3, 0.4) is 0 Å². The number of rotatable bonds is 6. The van der Waals surface area contributed by atoms with Crippen LogP contribution in [0.5, 0.6) is 11.8 Å². The number of aromatic nitrogens is 3. The smallest absolute Gasteiger partial charge is 0.198 e. The lowest BCUT2D eigenvalue weighted by atomic mass is 9.77. The molecule has 2 atom stereocenters. The summed E-state index contributed by atoms with van der Waals surface area (Å²) in [6.07, 6.45) is 14.2. The number of hydrogen-bond donors (Lipinski definition) is 2. The minimum atomic E-state index is 0.243. The first kappa shape index (κ1) is 21.6. The number of nitrogens with zero attached hydrogens (tertiary/aromatic N) is 5. The van der Waals surface area contributed by atoms with Gasteiger partial charge in [0.25, 0.3) is 0 Å². The third kappa shape index (κ3) is 4.08. The van der Waals surface area contributed by atoms with Gasteiger partial charge >= 0.3 is 0 Å². The van der Waals surface area contributed by atoms with Gasteiger partial charge in [-0.05, 0) is 32.2 Å². The summed E-state index contributed by atoms with van der Waals surface area (Å²) in [6.45, 7) is 5.38. The van der Waals surface area contributed by atoms with Crippen LogP contribution in [-0.4, -0.2) is 62.4 Å². The zero-order valence-electron chi connectivity index (χ0n) is 18.5. The highest BCUT2D eigenvalue weighted by molar-refractivity contribution is 6.31. The summed E-state index contributed by atoms with van der Waals surface area (Å²) in [4.78, 5) is 13.1. The van der Waals surface area contributed by atoms with Gasteiger partial charge in [-0.2, -0.15) is 0 Å². The minimum Gasteiger partial charge on any atom is -0.494 e. The Labute approximate surface area is 194 Å². The first-order valence-corrected chi connectivity index (χ1v) is 12.3. The Morgan fingerprint density at radius 1 is 0.844 bits per heavy atom. The van der Waals surface area contributed by atoms with Crippen LogP contribution in [-0.2, 0) is 6.54 Å². The molecule has 7 nitrogen and oxygen atoms in total. The van der Waals surface area contributed by atoms with Crippen molar-refractivity contribution in [2.24, 2.45) is 0 Å². The van der Waals surface area contributed by atoms with E-state index in [-0.39, 0.29) is 23.6 Å². The fourth-order valence-electron chi connectivity index (χ4n) is 5.56. The quantitative estimate of drug-likeness (QED) is 0.498. The number of allylic oxidation sites excluding steroid dienone is 2. The molecule has 2 aromatic rings. The maximum atomic E-state index is 10.9. The summed E-state index contributed by atoms with van der Waals surface area (Å²) in [5, 5.41) is 22.3. The van der Waals surface area contributed by atoms with E-state index in [0.29, 0.717) is 11.7 Å². The molecule has 0 radical (unpaired) electrons. The van der Waals surface area contributed by atoms with Gasteiger partial charge in [-0.1, -0.05) is 36.6 Å². The molecule has 0 spiro atoms. The van der Waals surface area contributed by atoms with Crippen molar-refractivity contribution in [2.45, 2.75) is 56.9 Å². The molecule has 3 aliphatic rings. The first-order valence-electron chi connectivity index (χ1n) is 11.9. The molecule has 1 aliphatic heterocycles. The Bertz CT molecular complexity index is 944. The molecule has 0 saturated carbocycles. The van der Waals surface area contributed by atoms with Crippen molar-refractivity contribution in [3.63, 3.8) is 0 Å². The van der Waals surface area contributed by atoms with E-state index in [4.69, 9.17) is 11.6 Å². The van der Waals surface area contributed by atoms with E-state index in [1.807, 2.05) is 0 Å². The number of fused-ring (bicyclic) bond motifs is 5. The number of halogens is 1. The lowest BCUT2D eigenvalue weighted by Gasteiger charge is -2.35. The molecule has 2 aromatic heterocycles. The molecule has 3 heterocycles. The largest absolute Gasteiger partial charge is 0.494 e. The molecular weight excluding hydrogens is 426 g/mol. The Balaban J connectivity index is 1.14. The molecule has 1 fully saturated rings. The standard InChI is InChI=1S/C24H32ClN5O2/c25-21-22(27-10-9-26-21)29-15-13-28(14-16-29)11-3-4-12-30-23(31)19-17-5-1-2-6-18(8-7-17)20(19)24(30)32/h7-10,17-18,31-32H,1-6,11-16H2. The molecule has 1 saturated heterocycles. The average molecular weight is 458 g/mol. The van der Waals surface area contributed by atoms with Gasteiger partial charge in [-0.25, -0.2) is 9.97 Å². The number of anilines is 1. The van der Waals surface area contributed by atoms with Gasteiger partial charge in [0.1, 0.15) is 0 Å². The SMILES string of the molecule is Oc1c2c(c(O)n1CCCCN1CCN(c3nccnc3Cl)CC1)C1C=CC2CCCC1. The van der Waals surface area contributed by atoms with E-state index in [1.54, 1.807) is 17.0 Å². The van der Waals surface area contributed by atoms with Crippen LogP contribution >= 0.6 is 11.6 Å². The Morgan fingerprint density at radius 2 is 1.44 bits per heavy atom. The van der Waals surface area contributed by atoms with Crippen molar-refractivity contribution in [3.8, 4) is 11.8 Å². The fourth-order valence-corrected chi connectivity index (χ4v) is 5.78. The highest BCUT2D eigenvalue weighted by Crippen LogP contribution is 2.50. The van der Waals surface area contributed by atoms with Gasteiger partial charge in [-0.3, -0.25) is 9.47 Å². The molecule has 0 aromatic carbocycles. The second kappa shape index (κ2) is 9.32. The van der Waals surface area contributed by atoms with Gasteiger partial charge < -0.3 is 15.1 Å². The molecule has 172 valence electrons. The van der Waals surface area contributed by atoms with Crippen LogP contribution in [0.1, 0.15) is 61.5 Å². The van der Waals surface area contributed by atoms with E-state index in [2.05, 4.69) is 31.9 Å². The van der Waals surface area contributed by atoms with Crippen LogP contribution in [0.15, 0.2) is 24.5 Å². The highest BCUT2D eigenvalue weighted by Gasteiger charge is 2.34. The summed E-state index contributed by atoms with van der Waals surface area (Å²) >= 11 is 6.18. The number of unbranched alkanes of at least 4 members (excludes halogenated alkanes) is 1. The van der Waals surface area contributed by atoms with E-state index in [1.165, 1.54) is 12.8 Å². The van der Waals surface area contributed by atoms with Crippen molar-refractivity contribution in [3.05, 3.63) is 40.8 Å². The van der Waals surface area contributed by atoms with Gasteiger partial charge in [-0.15, -0.1) is 0 Å². The monoisotopic (exact) mass is 457 g/mol. The van der Waals surface area contributed by atoms with Crippen LogP contribution in [0.2, 0.25) is 5.15 Å². The normalized spacial score (nSPS) is 23.2. The summed E-state index contributed by atoms with van der Waals surface area (Å²) in [7, 11) is 0. The van der Waals surface area contributed by atoms with Crippen LogP contribution in [0.25, 0.3) is 0 Å². The summed E-state index contributed by atoms with van der Waals surface area (Å²) in [5.74, 6) is 1.83. The molecule has 5 rings (SSSR count). The van der Waals surface area contributed by atoms with Gasteiger partial charge in [0.15, 0.2) is 22.7 Å². The topological polar surface area (TPSA) is 77.7 Å². The highest BCUT2D eigenvalue weighted by atomic mass is 35.5. The molecule has 2 bridgehead atoms. The third-order valence-electron chi connectivity index (χ3n) is 7.29. The van der Waals surface area contributed by atoms with Gasteiger partial charge in [0, 0.05) is 68.1 Å². The maximum Gasteiger partial charge on any atom is 0.198 e. The molecule has 2 aliphatic carbocycles.